The molecule has 17 heavy (non-hydrogen) atoms. The third-order valence-corrected chi connectivity index (χ3v) is 2.41. The summed E-state index contributed by atoms with van der Waals surface area (Å²) in [4.78, 5) is 24.2. The van der Waals surface area contributed by atoms with E-state index in [1.54, 1.807) is 25.9 Å². The van der Waals surface area contributed by atoms with Crippen LogP contribution in [0.1, 0.15) is 18.9 Å². The van der Waals surface area contributed by atoms with Crippen molar-refractivity contribution in [3.05, 3.63) is 29.8 Å². The van der Waals surface area contributed by atoms with Crippen molar-refractivity contribution >= 4 is 17.5 Å². The lowest BCUT2D eigenvalue weighted by Gasteiger charge is -2.10. The number of carbonyl (C=O) groups excluding carboxylic acids is 2. The molecular formula is C13H18N2O2. The molecule has 0 unspecified atom stereocenters. The van der Waals surface area contributed by atoms with Gasteiger partial charge in [0.15, 0.2) is 0 Å². The molecule has 2 amide bonds. The topological polar surface area (TPSA) is 49.4 Å². The monoisotopic (exact) mass is 234 g/mol. The third-order valence-electron chi connectivity index (χ3n) is 2.41. The van der Waals surface area contributed by atoms with Crippen LogP contribution >= 0.6 is 0 Å². The van der Waals surface area contributed by atoms with Crippen LogP contribution < -0.4 is 5.32 Å². The van der Waals surface area contributed by atoms with Gasteiger partial charge in [-0.25, -0.2) is 0 Å². The Morgan fingerprint density at radius 3 is 2.24 bits per heavy atom. The Labute approximate surface area is 102 Å². The first-order valence-electron chi connectivity index (χ1n) is 5.62. The number of nitrogens with one attached hydrogen (secondary N) is 1. The Morgan fingerprint density at radius 2 is 1.76 bits per heavy atom. The number of benzene rings is 1. The molecule has 0 aliphatic rings. The summed E-state index contributed by atoms with van der Waals surface area (Å²) in [6, 6.07) is 7.33. The molecule has 1 aromatic rings. The molecule has 0 heterocycles. The van der Waals surface area contributed by atoms with Gasteiger partial charge in [-0.15, -0.1) is 0 Å². The minimum atomic E-state index is -0.0119. The van der Waals surface area contributed by atoms with E-state index in [2.05, 4.69) is 5.32 Å². The molecule has 0 aliphatic carbocycles. The molecule has 0 saturated carbocycles. The number of hydrogen-bond acceptors (Lipinski definition) is 2. The quantitative estimate of drug-likeness (QED) is 0.861. The number of carbonyl (C=O) groups is 2. The van der Waals surface area contributed by atoms with Crippen LogP contribution in [0.15, 0.2) is 24.3 Å². The average Bonchev–Trinajstić information content (AvgIpc) is 2.31. The van der Waals surface area contributed by atoms with Crippen LogP contribution in [0.3, 0.4) is 0 Å². The predicted octanol–water partition coefficient (Wildman–Crippen LogP) is 1.67. The summed E-state index contributed by atoms with van der Waals surface area (Å²) in [7, 11) is 3.47. The smallest absolute Gasteiger partial charge is 0.226 e. The summed E-state index contributed by atoms with van der Waals surface area (Å²) in [5, 5.41) is 2.76. The molecule has 0 radical (unpaired) electrons. The van der Waals surface area contributed by atoms with E-state index in [1.165, 1.54) is 0 Å². The molecule has 0 aromatic heterocycles. The minimum Gasteiger partial charge on any atom is -0.349 e. The first-order chi connectivity index (χ1) is 8.02. The average molecular weight is 234 g/mol. The first-order valence-corrected chi connectivity index (χ1v) is 5.62. The zero-order valence-corrected chi connectivity index (χ0v) is 10.5. The molecular weight excluding hydrogens is 216 g/mol. The molecule has 4 nitrogen and oxygen atoms in total. The Balaban J connectivity index is 2.62. The lowest BCUT2D eigenvalue weighted by molar-refractivity contribution is -0.128. The van der Waals surface area contributed by atoms with Crippen LogP contribution in [0.2, 0.25) is 0 Å². The molecule has 1 rings (SSSR count). The maximum atomic E-state index is 11.5. The van der Waals surface area contributed by atoms with Gasteiger partial charge in [0, 0.05) is 26.2 Å². The van der Waals surface area contributed by atoms with Crippen molar-refractivity contribution in [2.75, 3.05) is 19.4 Å². The predicted molar refractivity (Wildman–Crippen MR) is 67.8 cm³/mol. The Hall–Kier alpha value is -1.84. The van der Waals surface area contributed by atoms with E-state index in [-0.39, 0.29) is 11.8 Å². The summed E-state index contributed by atoms with van der Waals surface area (Å²) < 4.78 is 0. The summed E-state index contributed by atoms with van der Waals surface area (Å²) >= 11 is 0. The summed E-state index contributed by atoms with van der Waals surface area (Å²) in [6.07, 6.45) is 0.843. The van der Waals surface area contributed by atoms with Gasteiger partial charge in [0.2, 0.25) is 11.8 Å². The van der Waals surface area contributed by atoms with Crippen molar-refractivity contribution in [3.63, 3.8) is 0 Å². The number of rotatable bonds is 4. The van der Waals surface area contributed by atoms with E-state index in [9.17, 15) is 9.59 Å². The molecule has 0 saturated heterocycles. The van der Waals surface area contributed by atoms with Gasteiger partial charge in [0.1, 0.15) is 0 Å². The van der Waals surface area contributed by atoms with Gasteiger partial charge in [0.25, 0.3) is 0 Å². The van der Waals surface area contributed by atoms with Crippen LogP contribution in [-0.4, -0.2) is 30.8 Å². The summed E-state index contributed by atoms with van der Waals surface area (Å²) in [5.41, 5.74) is 1.70. The lowest BCUT2D eigenvalue weighted by Crippen LogP contribution is -2.23. The number of likely N-dealkylation sites (N-methyl/N-ethyl adjacent to an activating group) is 1. The molecule has 0 bridgehead atoms. The van der Waals surface area contributed by atoms with Crippen molar-refractivity contribution in [2.45, 2.75) is 19.8 Å². The van der Waals surface area contributed by atoms with Crippen LogP contribution in [0.25, 0.3) is 0 Å². The molecule has 1 aromatic carbocycles. The fourth-order valence-electron chi connectivity index (χ4n) is 1.29. The normalized spacial score (nSPS) is 9.82. The Kier molecular flexibility index (Phi) is 4.69. The Morgan fingerprint density at radius 1 is 1.18 bits per heavy atom. The molecule has 4 heteroatoms. The van der Waals surface area contributed by atoms with Gasteiger partial charge >= 0.3 is 0 Å². The zero-order valence-electron chi connectivity index (χ0n) is 10.5. The molecule has 1 N–H and O–H groups in total. The highest BCUT2D eigenvalue weighted by atomic mass is 16.2. The van der Waals surface area contributed by atoms with E-state index in [0.717, 1.165) is 11.3 Å². The summed E-state index contributed by atoms with van der Waals surface area (Å²) in [6.45, 7) is 1.81. The van der Waals surface area contributed by atoms with Crippen molar-refractivity contribution in [3.8, 4) is 0 Å². The van der Waals surface area contributed by atoms with E-state index in [1.807, 2.05) is 24.3 Å². The third kappa shape index (κ3) is 4.26. The van der Waals surface area contributed by atoms with Gasteiger partial charge in [-0.3, -0.25) is 9.59 Å². The first kappa shape index (κ1) is 13.2. The largest absolute Gasteiger partial charge is 0.349 e. The van der Waals surface area contributed by atoms with Crippen LogP contribution in [0.5, 0.6) is 0 Å². The maximum Gasteiger partial charge on any atom is 0.226 e. The van der Waals surface area contributed by atoms with E-state index >= 15 is 0 Å². The fourth-order valence-corrected chi connectivity index (χ4v) is 1.29. The van der Waals surface area contributed by atoms with E-state index < -0.39 is 0 Å². The van der Waals surface area contributed by atoms with Crippen molar-refractivity contribution in [2.24, 2.45) is 0 Å². The fraction of sp³-hybridized carbons (Fsp3) is 0.385. The van der Waals surface area contributed by atoms with Crippen LogP contribution in [0, 0.1) is 0 Å². The highest BCUT2D eigenvalue weighted by Gasteiger charge is 2.05. The number of anilines is 1. The van der Waals surface area contributed by atoms with Gasteiger partial charge in [-0.05, 0) is 17.7 Å². The minimum absolute atomic E-state index is 0.0119. The second kappa shape index (κ2) is 6.03. The van der Waals surface area contributed by atoms with E-state index in [0.29, 0.717) is 12.8 Å². The molecule has 0 atom stereocenters. The van der Waals surface area contributed by atoms with Crippen molar-refractivity contribution < 1.29 is 9.59 Å². The van der Waals surface area contributed by atoms with E-state index in [4.69, 9.17) is 0 Å². The van der Waals surface area contributed by atoms with Crippen LogP contribution in [-0.2, 0) is 16.0 Å². The second-order valence-electron chi connectivity index (χ2n) is 4.06. The van der Waals surface area contributed by atoms with Gasteiger partial charge in [0.05, 0.1) is 6.42 Å². The SMILES string of the molecule is CCC(=O)Nc1ccc(CC(=O)N(C)C)cc1. The molecule has 0 aliphatic heterocycles. The number of hydrogen-bond donors (Lipinski definition) is 1. The number of nitrogens with zero attached hydrogens (tertiary/aromatic N) is 1. The molecule has 0 fully saturated rings. The van der Waals surface area contributed by atoms with Crippen molar-refractivity contribution in [1.82, 2.24) is 4.90 Å². The standard InChI is InChI=1S/C13H18N2O2/c1-4-12(16)14-11-7-5-10(6-8-11)9-13(17)15(2)3/h5-8H,4,9H2,1-3H3,(H,14,16). The van der Waals surface area contributed by atoms with Crippen molar-refractivity contribution in [1.29, 1.82) is 0 Å². The molecule has 0 spiro atoms. The second-order valence-corrected chi connectivity index (χ2v) is 4.06. The highest BCUT2D eigenvalue weighted by Crippen LogP contribution is 2.10. The summed E-state index contributed by atoms with van der Waals surface area (Å²) in [5.74, 6) is 0.0532. The van der Waals surface area contributed by atoms with Gasteiger partial charge in [-0.2, -0.15) is 0 Å². The zero-order chi connectivity index (χ0) is 12.8. The maximum absolute atomic E-state index is 11.5. The van der Waals surface area contributed by atoms with Crippen LogP contribution in [0.4, 0.5) is 5.69 Å². The Bertz CT molecular complexity index is 396. The van der Waals surface area contributed by atoms with Gasteiger partial charge in [-0.1, -0.05) is 19.1 Å². The highest BCUT2D eigenvalue weighted by molar-refractivity contribution is 5.90. The number of amides is 2. The molecule has 92 valence electrons. The lowest BCUT2D eigenvalue weighted by atomic mass is 10.1. The van der Waals surface area contributed by atoms with Gasteiger partial charge < -0.3 is 10.2 Å².